The van der Waals surface area contributed by atoms with Gasteiger partial charge in [-0.3, -0.25) is 4.79 Å². The monoisotopic (exact) mass is 394 g/mol. The number of carbonyl (C=O) groups excluding carboxylic acids is 1. The number of hydrogen-bond donors (Lipinski definition) is 0. The molecule has 3 aromatic rings. The molecule has 0 fully saturated rings. The lowest BCUT2D eigenvalue weighted by Gasteiger charge is -2.26. The number of aryl methyl sites for hydroxylation is 1. The molecule has 0 bridgehead atoms. The number of hydrogen-bond acceptors (Lipinski definition) is 4. The lowest BCUT2D eigenvalue weighted by atomic mass is 10.0. The summed E-state index contributed by atoms with van der Waals surface area (Å²) in [5.41, 5.74) is 3.81. The minimum atomic E-state index is -0.289. The van der Waals surface area contributed by atoms with Crippen molar-refractivity contribution in [2.45, 2.75) is 32.7 Å². The molecule has 0 aliphatic carbocycles. The van der Waals surface area contributed by atoms with Gasteiger partial charge in [0.1, 0.15) is 17.3 Å². The Hall–Kier alpha value is -3.15. The molecule has 1 aliphatic heterocycles. The molecule has 1 aromatic heterocycles. The lowest BCUT2D eigenvalue weighted by molar-refractivity contribution is -0.132. The van der Waals surface area contributed by atoms with E-state index < -0.39 is 0 Å². The van der Waals surface area contributed by atoms with Crippen LogP contribution in [0.5, 0.6) is 5.75 Å². The highest BCUT2D eigenvalue weighted by Gasteiger charge is 2.27. The highest BCUT2D eigenvalue weighted by molar-refractivity contribution is 5.77. The number of aromatic nitrogens is 1. The fraction of sp³-hybridized carbons (Fsp3) is 0.304. The van der Waals surface area contributed by atoms with Crippen LogP contribution in [0.2, 0.25) is 0 Å². The quantitative estimate of drug-likeness (QED) is 0.622. The number of carbonyl (C=O) groups is 1. The van der Waals surface area contributed by atoms with Gasteiger partial charge in [-0.2, -0.15) is 0 Å². The van der Waals surface area contributed by atoms with Crippen LogP contribution in [0.3, 0.4) is 0 Å². The number of ether oxygens (including phenoxy) is 1. The molecular weight excluding hydrogens is 371 g/mol. The second kappa shape index (κ2) is 8.47. The number of amides is 1. The Labute approximate surface area is 169 Å². The summed E-state index contributed by atoms with van der Waals surface area (Å²) in [6.07, 6.45) is 1.96. The molecule has 0 atom stereocenters. The zero-order valence-corrected chi connectivity index (χ0v) is 16.4. The average Bonchev–Trinajstić information content (AvgIpc) is 3.18. The minimum absolute atomic E-state index is 0.0344. The van der Waals surface area contributed by atoms with Crippen LogP contribution in [-0.2, 0) is 24.2 Å². The molecule has 0 spiro atoms. The van der Waals surface area contributed by atoms with Crippen molar-refractivity contribution in [1.29, 1.82) is 0 Å². The van der Waals surface area contributed by atoms with Gasteiger partial charge in [0, 0.05) is 17.7 Å². The van der Waals surface area contributed by atoms with Gasteiger partial charge < -0.3 is 14.2 Å². The van der Waals surface area contributed by atoms with E-state index in [9.17, 15) is 9.18 Å². The van der Waals surface area contributed by atoms with E-state index in [1.165, 1.54) is 17.7 Å². The maximum absolute atomic E-state index is 13.2. The van der Waals surface area contributed by atoms with E-state index in [0.717, 1.165) is 29.0 Å². The summed E-state index contributed by atoms with van der Waals surface area (Å²) in [6.45, 7) is 3.47. The van der Waals surface area contributed by atoms with Crippen molar-refractivity contribution in [3.05, 3.63) is 71.2 Å². The Bertz CT molecular complexity index is 980. The maximum atomic E-state index is 13.2. The molecule has 0 unspecified atom stereocenters. The molecule has 29 heavy (non-hydrogen) atoms. The number of nitrogens with zero attached hydrogens (tertiary/aromatic N) is 2. The fourth-order valence-corrected chi connectivity index (χ4v) is 3.51. The first kappa shape index (κ1) is 19.2. The predicted molar refractivity (Wildman–Crippen MR) is 107 cm³/mol. The molecule has 6 heteroatoms. The largest absolute Gasteiger partial charge is 0.493 e. The molecule has 0 saturated heterocycles. The third-order valence-electron chi connectivity index (χ3n) is 5.22. The number of fused-ring (bicyclic) bond motifs is 1. The molecule has 2 aromatic carbocycles. The molecule has 0 N–H and O–H groups in total. The summed E-state index contributed by atoms with van der Waals surface area (Å²) in [7, 11) is 0. The third-order valence-corrected chi connectivity index (χ3v) is 5.22. The van der Waals surface area contributed by atoms with Gasteiger partial charge in [-0.05, 0) is 54.8 Å². The van der Waals surface area contributed by atoms with Crippen LogP contribution in [0.1, 0.15) is 30.2 Å². The van der Waals surface area contributed by atoms with E-state index in [2.05, 4.69) is 12.1 Å². The Morgan fingerprint density at radius 2 is 1.93 bits per heavy atom. The first-order valence-electron chi connectivity index (χ1n) is 9.87. The van der Waals surface area contributed by atoms with Gasteiger partial charge in [0.2, 0.25) is 5.91 Å². The second-order valence-corrected chi connectivity index (χ2v) is 7.11. The van der Waals surface area contributed by atoms with Gasteiger partial charge in [-0.15, -0.1) is 0 Å². The van der Waals surface area contributed by atoms with Gasteiger partial charge >= 0.3 is 0 Å². The van der Waals surface area contributed by atoms with Crippen molar-refractivity contribution in [1.82, 2.24) is 10.1 Å². The van der Waals surface area contributed by atoms with Crippen molar-refractivity contribution in [3.8, 4) is 17.1 Å². The summed E-state index contributed by atoms with van der Waals surface area (Å²) >= 11 is 0. The molecule has 1 amide bonds. The molecule has 1 aliphatic rings. The summed E-state index contributed by atoms with van der Waals surface area (Å²) in [6, 6.07) is 14.1. The van der Waals surface area contributed by atoms with Crippen molar-refractivity contribution in [2.24, 2.45) is 0 Å². The van der Waals surface area contributed by atoms with E-state index in [-0.39, 0.29) is 11.7 Å². The van der Waals surface area contributed by atoms with Crippen LogP contribution in [0.25, 0.3) is 11.3 Å². The van der Waals surface area contributed by atoms with E-state index in [4.69, 9.17) is 9.26 Å². The normalized spacial score (nSPS) is 13.2. The standard InChI is InChI=1S/C23H23FN2O3/c1-2-16-3-9-19(10-4-16)28-14-12-22(27)26-13-11-20-21(15-26)25-29-23(20)17-5-7-18(24)8-6-17/h3-10H,2,11-15H2,1H3. The zero-order valence-electron chi connectivity index (χ0n) is 16.4. The predicted octanol–water partition coefficient (Wildman–Crippen LogP) is 4.40. The van der Waals surface area contributed by atoms with Gasteiger partial charge in [-0.25, -0.2) is 4.39 Å². The molecule has 4 rings (SSSR count). The average molecular weight is 394 g/mol. The van der Waals surface area contributed by atoms with Gasteiger partial charge in [0.25, 0.3) is 0 Å². The van der Waals surface area contributed by atoms with Gasteiger partial charge in [0.15, 0.2) is 5.76 Å². The summed E-state index contributed by atoms with van der Waals surface area (Å²) in [4.78, 5) is 14.3. The van der Waals surface area contributed by atoms with Gasteiger partial charge in [-0.1, -0.05) is 24.2 Å². The van der Waals surface area contributed by atoms with Gasteiger partial charge in [0.05, 0.1) is 19.6 Å². The smallest absolute Gasteiger partial charge is 0.226 e. The van der Waals surface area contributed by atoms with Crippen molar-refractivity contribution in [3.63, 3.8) is 0 Å². The SMILES string of the molecule is CCc1ccc(OCCC(=O)N2CCc3c(noc3-c3ccc(F)cc3)C2)cc1. The van der Waals surface area contributed by atoms with E-state index in [1.54, 1.807) is 17.0 Å². The van der Waals surface area contributed by atoms with Crippen LogP contribution in [0.4, 0.5) is 4.39 Å². The Kier molecular flexibility index (Phi) is 5.60. The zero-order chi connectivity index (χ0) is 20.2. The third kappa shape index (κ3) is 4.31. The summed E-state index contributed by atoms with van der Waals surface area (Å²) in [5, 5.41) is 4.14. The fourth-order valence-electron chi connectivity index (χ4n) is 3.51. The highest BCUT2D eigenvalue weighted by Crippen LogP contribution is 2.30. The Balaban J connectivity index is 1.33. The first-order valence-corrected chi connectivity index (χ1v) is 9.87. The summed E-state index contributed by atoms with van der Waals surface area (Å²) < 4.78 is 24.3. The van der Waals surface area contributed by atoms with E-state index in [0.29, 0.717) is 38.3 Å². The van der Waals surface area contributed by atoms with E-state index >= 15 is 0 Å². The molecule has 150 valence electrons. The van der Waals surface area contributed by atoms with Crippen molar-refractivity contribution >= 4 is 5.91 Å². The van der Waals surface area contributed by atoms with Crippen LogP contribution in [0.15, 0.2) is 53.1 Å². The molecule has 0 saturated carbocycles. The van der Waals surface area contributed by atoms with Crippen LogP contribution in [-0.4, -0.2) is 29.1 Å². The molecule has 2 heterocycles. The van der Waals surface area contributed by atoms with Crippen LogP contribution < -0.4 is 4.74 Å². The minimum Gasteiger partial charge on any atom is -0.493 e. The van der Waals surface area contributed by atoms with Crippen LogP contribution >= 0.6 is 0 Å². The Morgan fingerprint density at radius 3 is 2.66 bits per heavy atom. The number of halogens is 1. The topological polar surface area (TPSA) is 55.6 Å². The molecular formula is C23H23FN2O3. The summed E-state index contributed by atoms with van der Waals surface area (Å²) in [5.74, 6) is 1.18. The Morgan fingerprint density at radius 1 is 1.17 bits per heavy atom. The first-order chi connectivity index (χ1) is 14.1. The maximum Gasteiger partial charge on any atom is 0.226 e. The number of rotatable bonds is 6. The highest BCUT2D eigenvalue weighted by atomic mass is 19.1. The van der Waals surface area contributed by atoms with Crippen molar-refractivity contribution < 1.29 is 18.4 Å². The molecule has 0 radical (unpaired) electrons. The van der Waals surface area contributed by atoms with Crippen LogP contribution in [0, 0.1) is 5.82 Å². The lowest BCUT2D eigenvalue weighted by Crippen LogP contribution is -2.36. The molecule has 5 nitrogen and oxygen atoms in total. The number of benzene rings is 2. The second-order valence-electron chi connectivity index (χ2n) is 7.11. The van der Waals surface area contributed by atoms with Crippen molar-refractivity contribution in [2.75, 3.05) is 13.2 Å². The van der Waals surface area contributed by atoms with E-state index in [1.807, 2.05) is 24.3 Å².